The summed E-state index contributed by atoms with van der Waals surface area (Å²) in [4.78, 5) is 30.9. The maximum Gasteiger partial charge on any atom is 0.242 e. The number of carbonyl (C=O) groups excluding carboxylic acids is 2. The Morgan fingerprint density at radius 1 is 1.11 bits per heavy atom. The van der Waals surface area contributed by atoms with Crippen molar-refractivity contribution >= 4 is 23.2 Å². The van der Waals surface area contributed by atoms with Crippen LogP contribution < -0.4 is 0 Å². The van der Waals surface area contributed by atoms with Crippen LogP contribution in [0.15, 0.2) is 41.8 Å². The molecule has 5 heteroatoms. The maximum atomic E-state index is 13.3. The summed E-state index contributed by atoms with van der Waals surface area (Å²) in [5, 5.41) is 2.07. The van der Waals surface area contributed by atoms with E-state index in [0.29, 0.717) is 13.1 Å². The molecule has 0 saturated heterocycles. The van der Waals surface area contributed by atoms with Crippen LogP contribution in [0.1, 0.15) is 49.1 Å². The van der Waals surface area contributed by atoms with E-state index in [9.17, 15) is 9.59 Å². The maximum absolute atomic E-state index is 13.3. The van der Waals surface area contributed by atoms with Crippen molar-refractivity contribution in [2.75, 3.05) is 6.54 Å². The molecule has 4 nitrogen and oxygen atoms in total. The monoisotopic (exact) mass is 398 g/mol. The molecular formula is C23H30N2O2S. The van der Waals surface area contributed by atoms with Crippen LogP contribution in [0.3, 0.4) is 0 Å². The zero-order valence-corrected chi connectivity index (χ0v) is 17.9. The minimum atomic E-state index is 0.0121. The lowest BCUT2D eigenvalue weighted by Gasteiger charge is -2.35. The second kappa shape index (κ2) is 9.37. The van der Waals surface area contributed by atoms with Crippen LogP contribution in [-0.2, 0) is 22.7 Å². The van der Waals surface area contributed by atoms with E-state index in [-0.39, 0.29) is 30.3 Å². The first-order valence-electron chi connectivity index (χ1n) is 10.1. The molecule has 0 aliphatic heterocycles. The van der Waals surface area contributed by atoms with Crippen LogP contribution in [0, 0.1) is 12.8 Å². The minimum absolute atomic E-state index is 0.0121. The molecule has 1 saturated carbocycles. The summed E-state index contributed by atoms with van der Waals surface area (Å²) in [6.45, 7) is 7.37. The zero-order valence-electron chi connectivity index (χ0n) is 17.1. The third-order valence-corrected chi connectivity index (χ3v) is 6.55. The Bertz CT molecular complexity index is 796. The van der Waals surface area contributed by atoms with Crippen molar-refractivity contribution in [2.45, 2.75) is 59.2 Å². The fourth-order valence-electron chi connectivity index (χ4n) is 3.43. The molecule has 1 fully saturated rings. The van der Waals surface area contributed by atoms with E-state index in [4.69, 9.17) is 0 Å². The minimum Gasteiger partial charge on any atom is -0.332 e. The molecule has 1 aliphatic carbocycles. The Hall–Kier alpha value is -2.14. The predicted molar refractivity (Wildman–Crippen MR) is 114 cm³/mol. The number of rotatable bonds is 8. The molecule has 0 N–H and O–H groups in total. The van der Waals surface area contributed by atoms with E-state index < -0.39 is 0 Å². The van der Waals surface area contributed by atoms with Crippen LogP contribution in [0.2, 0.25) is 0 Å². The van der Waals surface area contributed by atoms with E-state index >= 15 is 0 Å². The number of amides is 2. The van der Waals surface area contributed by atoms with Crippen LogP contribution >= 0.6 is 11.3 Å². The number of hydrogen-bond donors (Lipinski definition) is 0. The number of hydrogen-bond acceptors (Lipinski definition) is 3. The second-order valence-electron chi connectivity index (χ2n) is 7.95. The lowest BCUT2D eigenvalue weighted by atomic mass is 9.84. The van der Waals surface area contributed by atoms with Gasteiger partial charge in [0, 0.05) is 23.4 Å². The third kappa shape index (κ3) is 5.02. The van der Waals surface area contributed by atoms with Crippen LogP contribution in [0.5, 0.6) is 0 Å². The normalized spacial score (nSPS) is 14.0. The summed E-state index contributed by atoms with van der Waals surface area (Å²) in [5.41, 5.74) is 2.31. The van der Waals surface area contributed by atoms with Crippen molar-refractivity contribution in [1.82, 2.24) is 9.80 Å². The summed E-state index contributed by atoms with van der Waals surface area (Å²) in [5.74, 6) is 0.261. The van der Waals surface area contributed by atoms with Crippen molar-refractivity contribution in [3.63, 3.8) is 0 Å². The van der Waals surface area contributed by atoms with Gasteiger partial charge in [-0.05, 0) is 56.2 Å². The summed E-state index contributed by atoms with van der Waals surface area (Å²) < 4.78 is 0. The fourth-order valence-corrected chi connectivity index (χ4v) is 4.35. The Kier molecular flexibility index (Phi) is 6.89. The van der Waals surface area contributed by atoms with E-state index in [0.717, 1.165) is 24.8 Å². The van der Waals surface area contributed by atoms with E-state index in [1.54, 1.807) is 16.2 Å². The lowest BCUT2D eigenvalue weighted by molar-refractivity contribution is -0.146. The number of thiophene rings is 1. The quantitative estimate of drug-likeness (QED) is 0.651. The average Bonchev–Trinajstić information content (AvgIpc) is 3.02. The highest BCUT2D eigenvalue weighted by Crippen LogP contribution is 2.29. The van der Waals surface area contributed by atoms with E-state index in [1.165, 1.54) is 10.4 Å². The van der Waals surface area contributed by atoms with Gasteiger partial charge in [0.15, 0.2) is 0 Å². The van der Waals surface area contributed by atoms with Crippen molar-refractivity contribution in [3.8, 4) is 0 Å². The van der Waals surface area contributed by atoms with E-state index in [2.05, 4.69) is 18.4 Å². The number of aryl methyl sites for hydroxylation is 1. The van der Waals surface area contributed by atoms with Crippen molar-refractivity contribution in [2.24, 2.45) is 5.92 Å². The topological polar surface area (TPSA) is 40.6 Å². The largest absolute Gasteiger partial charge is 0.332 e. The second-order valence-corrected chi connectivity index (χ2v) is 8.95. The first-order valence-corrected chi connectivity index (χ1v) is 11.0. The standard InChI is InChI=1S/C23H30N2O2S/c1-17(2)25(23(27)20-10-7-11-20)16-22(26)24(14-19-8-5-4-6-9-19)15-21-18(3)12-13-28-21/h4-6,8-9,12-13,17,20H,7,10-11,14-16H2,1-3H3. The molecule has 150 valence electrons. The molecule has 0 spiro atoms. The molecule has 1 heterocycles. The first kappa shape index (κ1) is 20.6. The summed E-state index contributed by atoms with van der Waals surface area (Å²) in [7, 11) is 0. The molecule has 0 bridgehead atoms. The Balaban J connectivity index is 1.76. The predicted octanol–water partition coefficient (Wildman–Crippen LogP) is 4.62. The Labute approximate surface area is 172 Å². The van der Waals surface area contributed by atoms with Gasteiger partial charge in [0.05, 0.1) is 6.54 Å². The lowest BCUT2D eigenvalue weighted by Crippen LogP contribution is -2.48. The molecule has 1 aromatic carbocycles. The summed E-state index contributed by atoms with van der Waals surface area (Å²) in [6.07, 6.45) is 3.03. The molecule has 0 radical (unpaired) electrons. The highest BCUT2D eigenvalue weighted by atomic mass is 32.1. The zero-order chi connectivity index (χ0) is 20.1. The van der Waals surface area contributed by atoms with Gasteiger partial charge in [-0.1, -0.05) is 36.8 Å². The van der Waals surface area contributed by atoms with Gasteiger partial charge in [0.1, 0.15) is 6.54 Å². The van der Waals surface area contributed by atoms with Gasteiger partial charge in [-0.2, -0.15) is 0 Å². The molecular weight excluding hydrogens is 368 g/mol. The van der Waals surface area contributed by atoms with Gasteiger partial charge in [-0.25, -0.2) is 0 Å². The molecule has 3 rings (SSSR count). The smallest absolute Gasteiger partial charge is 0.242 e. The van der Waals surface area contributed by atoms with Gasteiger partial charge < -0.3 is 9.80 Å². The van der Waals surface area contributed by atoms with Crippen molar-refractivity contribution in [1.29, 1.82) is 0 Å². The fraction of sp³-hybridized carbons (Fsp3) is 0.478. The molecule has 0 atom stereocenters. The number of carbonyl (C=O) groups is 2. The average molecular weight is 399 g/mol. The first-order chi connectivity index (χ1) is 13.5. The van der Waals surface area contributed by atoms with Gasteiger partial charge in [-0.3, -0.25) is 9.59 Å². The molecule has 2 amide bonds. The Morgan fingerprint density at radius 2 is 1.82 bits per heavy atom. The molecule has 28 heavy (non-hydrogen) atoms. The summed E-state index contributed by atoms with van der Waals surface area (Å²) in [6, 6.07) is 12.2. The SMILES string of the molecule is Cc1ccsc1CN(Cc1ccccc1)C(=O)CN(C(=O)C1CCC1)C(C)C. The van der Waals surface area contributed by atoms with Crippen molar-refractivity contribution < 1.29 is 9.59 Å². The van der Waals surface area contributed by atoms with Gasteiger partial charge >= 0.3 is 0 Å². The number of benzene rings is 1. The molecule has 1 aromatic heterocycles. The number of nitrogens with zero attached hydrogens (tertiary/aromatic N) is 2. The van der Waals surface area contributed by atoms with Crippen LogP contribution in [0.4, 0.5) is 0 Å². The Morgan fingerprint density at radius 3 is 2.36 bits per heavy atom. The van der Waals surface area contributed by atoms with Gasteiger partial charge in [0.2, 0.25) is 11.8 Å². The molecule has 1 aliphatic rings. The summed E-state index contributed by atoms with van der Waals surface area (Å²) >= 11 is 1.68. The highest BCUT2D eigenvalue weighted by molar-refractivity contribution is 7.10. The molecule has 0 unspecified atom stereocenters. The molecule has 2 aromatic rings. The highest BCUT2D eigenvalue weighted by Gasteiger charge is 2.32. The van der Waals surface area contributed by atoms with Crippen LogP contribution in [0.25, 0.3) is 0 Å². The third-order valence-electron chi connectivity index (χ3n) is 5.54. The van der Waals surface area contributed by atoms with Gasteiger partial charge in [-0.15, -0.1) is 11.3 Å². The van der Waals surface area contributed by atoms with Crippen molar-refractivity contribution in [3.05, 3.63) is 57.8 Å². The van der Waals surface area contributed by atoms with E-state index in [1.807, 2.05) is 49.1 Å². The van der Waals surface area contributed by atoms with Gasteiger partial charge in [0.25, 0.3) is 0 Å². The van der Waals surface area contributed by atoms with Crippen LogP contribution in [-0.4, -0.2) is 34.2 Å².